The second-order valence-corrected chi connectivity index (χ2v) is 5.63. The summed E-state index contributed by atoms with van der Waals surface area (Å²) in [7, 11) is 3.54. The van der Waals surface area contributed by atoms with E-state index in [0.717, 1.165) is 16.2 Å². The third kappa shape index (κ3) is 2.59. The highest BCUT2D eigenvalue weighted by molar-refractivity contribution is 9.10. The molecule has 1 atom stereocenters. The van der Waals surface area contributed by atoms with Gasteiger partial charge in [-0.2, -0.15) is 5.10 Å². The molecule has 3 nitrogen and oxygen atoms in total. The quantitative estimate of drug-likeness (QED) is 0.807. The number of hydrogen-bond donors (Lipinski definition) is 1. The minimum absolute atomic E-state index is 0.111. The molecule has 19 heavy (non-hydrogen) atoms. The molecule has 2 rings (SSSR count). The van der Waals surface area contributed by atoms with Gasteiger partial charge in [-0.25, -0.2) is 8.78 Å². The zero-order valence-electron chi connectivity index (χ0n) is 10.2. The number of benzene rings is 1. The summed E-state index contributed by atoms with van der Waals surface area (Å²) < 4.78 is 29.4. The molecule has 0 spiro atoms. The molecule has 0 fully saturated rings. The van der Waals surface area contributed by atoms with Crippen molar-refractivity contribution in [3.05, 3.63) is 50.2 Å². The number of halogens is 4. The van der Waals surface area contributed by atoms with Gasteiger partial charge >= 0.3 is 0 Å². The maximum atomic E-state index is 13.6. The van der Waals surface area contributed by atoms with Gasteiger partial charge < -0.3 is 5.32 Å². The highest BCUT2D eigenvalue weighted by Crippen LogP contribution is 2.34. The number of hydrogen-bond acceptors (Lipinski definition) is 2. The number of aryl methyl sites for hydroxylation is 1. The number of aromatic nitrogens is 2. The van der Waals surface area contributed by atoms with E-state index in [-0.39, 0.29) is 10.5 Å². The fraction of sp³-hybridized carbons (Fsp3) is 0.250. The Kier molecular flexibility index (Phi) is 4.37. The number of rotatable bonds is 3. The minimum atomic E-state index is -0.893. The molecule has 1 aromatic heterocycles. The summed E-state index contributed by atoms with van der Waals surface area (Å²) in [6.07, 6.45) is 1.66. The van der Waals surface area contributed by atoms with E-state index in [9.17, 15) is 8.78 Å². The van der Waals surface area contributed by atoms with E-state index in [1.165, 1.54) is 0 Å². The molecule has 7 heteroatoms. The molecule has 102 valence electrons. The Bertz CT molecular complexity index is 594. The summed E-state index contributed by atoms with van der Waals surface area (Å²) in [6, 6.07) is 2.35. The van der Waals surface area contributed by atoms with Crippen molar-refractivity contribution in [3.63, 3.8) is 0 Å². The van der Waals surface area contributed by atoms with Crippen LogP contribution in [0.5, 0.6) is 0 Å². The van der Waals surface area contributed by atoms with E-state index in [1.807, 2.05) is 0 Å². The molecule has 1 N–H and O–H groups in total. The Morgan fingerprint density at radius 3 is 2.53 bits per heavy atom. The first-order chi connectivity index (χ1) is 8.97. The highest BCUT2D eigenvalue weighted by atomic mass is 79.9. The van der Waals surface area contributed by atoms with Crippen LogP contribution in [0.4, 0.5) is 8.78 Å². The van der Waals surface area contributed by atoms with Crippen molar-refractivity contribution >= 4 is 31.9 Å². The highest BCUT2D eigenvalue weighted by Gasteiger charge is 2.23. The third-order valence-corrected chi connectivity index (χ3v) is 4.29. The monoisotopic (exact) mass is 393 g/mol. The first kappa shape index (κ1) is 14.6. The van der Waals surface area contributed by atoms with Crippen LogP contribution in [0, 0.1) is 11.6 Å². The molecule has 0 aliphatic carbocycles. The van der Waals surface area contributed by atoms with Crippen molar-refractivity contribution < 1.29 is 8.78 Å². The summed E-state index contributed by atoms with van der Waals surface area (Å²) in [5.74, 6) is -1.77. The van der Waals surface area contributed by atoms with Crippen molar-refractivity contribution in [2.45, 2.75) is 6.04 Å². The van der Waals surface area contributed by atoms with E-state index in [0.29, 0.717) is 5.56 Å². The third-order valence-electron chi connectivity index (χ3n) is 2.88. The van der Waals surface area contributed by atoms with Crippen LogP contribution < -0.4 is 5.32 Å². The van der Waals surface area contributed by atoms with Crippen molar-refractivity contribution in [1.29, 1.82) is 0 Å². The standard InChI is InChI=1S/C12H11Br2F2N3/c1-17-11(12-7(13)5-18-19(12)2)6-3-4-8(15)10(16)9(6)14/h3-5,11,17H,1-2H3. The number of nitrogens with zero attached hydrogens (tertiary/aromatic N) is 2. The molecule has 1 aromatic carbocycles. The molecule has 0 saturated heterocycles. The summed E-state index contributed by atoms with van der Waals surface area (Å²) in [5, 5.41) is 7.21. The fourth-order valence-electron chi connectivity index (χ4n) is 1.95. The molecular formula is C12H11Br2F2N3. The van der Waals surface area contributed by atoms with Gasteiger partial charge in [0.25, 0.3) is 0 Å². The van der Waals surface area contributed by atoms with E-state index >= 15 is 0 Å². The Morgan fingerprint density at radius 2 is 2.00 bits per heavy atom. The largest absolute Gasteiger partial charge is 0.308 e. The smallest absolute Gasteiger partial charge is 0.173 e. The van der Waals surface area contributed by atoms with Gasteiger partial charge in [0.15, 0.2) is 11.6 Å². The van der Waals surface area contributed by atoms with E-state index in [2.05, 4.69) is 42.3 Å². The summed E-state index contributed by atoms with van der Waals surface area (Å²) in [5.41, 5.74) is 1.43. The second-order valence-electron chi connectivity index (χ2n) is 3.99. The molecule has 1 unspecified atom stereocenters. The zero-order chi connectivity index (χ0) is 14.2. The van der Waals surface area contributed by atoms with Crippen molar-refractivity contribution in [2.24, 2.45) is 7.05 Å². The van der Waals surface area contributed by atoms with Crippen LogP contribution in [0.25, 0.3) is 0 Å². The van der Waals surface area contributed by atoms with Crippen LogP contribution in [-0.4, -0.2) is 16.8 Å². The van der Waals surface area contributed by atoms with Gasteiger partial charge in [-0.3, -0.25) is 4.68 Å². The van der Waals surface area contributed by atoms with Crippen molar-refractivity contribution in [3.8, 4) is 0 Å². The second kappa shape index (κ2) is 5.68. The molecule has 0 aliphatic rings. The molecule has 0 amide bonds. The maximum absolute atomic E-state index is 13.6. The van der Waals surface area contributed by atoms with Gasteiger partial charge in [0.05, 0.1) is 26.9 Å². The first-order valence-corrected chi connectivity index (χ1v) is 7.04. The van der Waals surface area contributed by atoms with E-state index in [4.69, 9.17) is 0 Å². The fourth-order valence-corrected chi connectivity index (χ4v) is 3.08. The summed E-state index contributed by atoms with van der Waals surface area (Å²) in [4.78, 5) is 0. The van der Waals surface area contributed by atoms with Gasteiger partial charge in [-0.1, -0.05) is 6.07 Å². The van der Waals surface area contributed by atoms with E-state index < -0.39 is 11.6 Å². The SMILES string of the molecule is CNC(c1ccc(F)c(F)c1Br)c1c(Br)cnn1C. The molecule has 1 heterocycles. The average molecular weight is 395 g/mol. The minimum Gasteiger partial charge on any atom is -0.308 e. The van der Waals surface area contributed by atoms with Crippen LogP contribution >= 0.6 is 31.9 Å². The Labute approximate surface area is 126 Å². The predicted octanol–water partition coefficient (Wildman–Crippen LogP) is 3.53. The maximum Gasteiger partial charge on any atom is 0.173 e. The van der Waals surface area contributed by atoms with E-state index in [1.54, 1.807) is 31.0 Å². The average Bonchev–Trinajstić information content (AvgIpc) is 2.71. The topological polar surface area (TPSA) is 29.9 Å². The van der Waals surface area contributed by atoms with Gasteiger partial charge in [0.1, 0.15) is 0 Å². The van der Waals surface area contributed by atoms with Crippen molar-refractivity contribution in [2.75, 3.05) is 7.05 Å². The Hall–Kier alpha value is -0.790. The lowest BCUT2D eigenvalue weighted by Crippen LogP contribution is -2.22. The lowest BCUT2D eigenvalue weighted by atomic mass is 10.0. The molecule has 0 radical (unpaired) electrons. The Balaban J connectivity index is 2.58. The van der Waals surface area contributed by atoms with Gasteiger partial charge in [-0.05, 0) is 50.5 Å². The number of nitrogens with one attached hydrogen (secondary N) is 1. The summed E-state index contributed by atoms with van der Waals surface area (Å²) >= 11 is 6.51. The zero-order valence-corrected chi connectivity index (χ0v) is 13.4. The predicted molar refractivity (Wildman–Crippen MR) is 75.9 cm³/mol. The summed E-state index contributed by atoms with van der Waals surface area (Å²) in [6.45, 7) is 0. The lowest BCUT2D eigenvalue weighted by Gasteiger charge is -2.19. The molecule has 2 aromatic rings. The van der Waals surface area contributed by atoms with Gasteiger partial charge in [0.2, 0.25) is 0 Å². The van der Waals surface area contributed by atoms with Crippen molar-refractivity contribution in [1.82, 2.24) is 15.1 Å². The molecule has 0 aliphatic heterocycles. The Morgan fingerprint density at radius 1 is 1.32 bits per heavy atom. The molecule has 0 bridgehead atoms. The van der Waals surface area contributed by atoms with Crippen LogP contribution in [0.3, 0.4) is 0 Å². The lowest BCUT2D eigenvalue weighted by molar-refractivity contribution is 0.498. The molecule has 0 saturated carbocycles. The van der Waals surface area contributed by atoms with Gasteiger partial charge in [0, 0.05) is 7.05 Å². The van der Waals surface area contributed by atoms with Crippen LogP contribution in [0.2, 0.25) is 0 Å². The van der Waals surface area contributed by atoms with Gasteiger partial charge in [-0.15, -0.1) is 0 Å². The molecular weight excluding hydrogens is 384 g/mol. The van der Waals surface area contributed by atoms with Crippen LogP contribution in [0.15, 0.2) is 27.3 Å². The normalized spacial score (nSPS) is 12.7. The van der Waals surface area contributed by atoms with Crippen LogP contribution in [0.1, 0.15) is 17.3 Å². The van der Waals surface area contributed by atoms with Crippen LogP contribution in [-0.2, 0) is 7.05 Å². The first-order valence-electron chi connectivity index (χ1n) is 5.45.